The molecule has 2 aromatic rings. The number of ether oxygens (including phenoxy) is 1. The van der Waals surface area contributed by atoms with Crippen molar-refractivity contribution in [1.82, 2.24) is 24.8 Å². The third-order valence-corrected chi connectivity index (χ3v) is 6.32. The molecule has 2 fully saturated rings. The van der Waals surface area contributed by atoms with Crippen LogP contribution in [0.15, 0.2) is 10.7 Å². The van der Waals surface area contributed by atoms with Crippen LogP contribution in [0.3, 0.4) is 0 Å². The van der Waals surface area contributed by atoms with Crippen LogP contribution in [0.1, 0.15) is 62.0 Å². The summed E-state index contributed by atoms with van der Waals surface area (Å²) in [5.41, 5.74) is 2.28. The van der Waals surface area contributed by atoms with E-state index in [0.29, 0.717) is 11.9 Å². The Morgan fingerprint density at radius 2 is 2.03 bits per heavy atom. The number of rotatable bonds is 4. The van der Waals surface area contributed by atoms with Crippen molar-refractivity contribution >= 4 is 11.6 Å². The number of hydrogen-bond donors (Lipinski definition) is 1. The Kier molecular flexibility index (Phi) is 4.77. The molecule has 1 atom stereocenters. The molecule has 9 heteroatoms. The summed E-state index contributed by atoms with van der Waals surface area (Å²) in [6.45, 7) is 7.65. The molecule has 2 saturated heterocycles. The van der Waals surface area contributed by atoms with Crippen LogP contribution in [0, 0.1) is 5.92 Å². The van der Waals surface area contributed by atoms with Gasteiger partial charge >= 0.3 is 0 Å². The zero-order valence-electron chi connectivity index (χ0n) is 17.0. The second-order valence-corrected chi connectivity index (χ2v) is 8.67. The number of carbonyl (C=O) groups excluding carboxylic acids is 1. The summed E-state index contributed by atoms with van der Waals surface area (Å²) < 4.78 is 13.1. The van der Waals surface area contributed by atoms with Gasteiger partial charge in [-0.1, -0.05) is 19.0 Å². The molecule has 0 radical (unpaired) electrons. The minimum Gasteiger partial charge on any atom is -0.381 e. The number of aromatic nitrogens is 4. The van der Waals surface area contributed by atoms with E-state index >= 15 is 0 Å². The lowest BCUT2D eigenvalue weighted by molar-refractivity contribution is -0.135. The highest BCUT2D eigenvalue weighted by molar-refractivity contribution is 5.78. The lowest BCUT2D eigenvalue weighted by Gasteiger charge is -2.31. The van der Waals surface area contributed by atoms with Crippen molar-refractivity contribution < 1.29 is 14.1 Å². The van der Waals surface area contributed by atoms with Gasteiger partial charge in [-0.3, -0.25) is 9.48 Å². The molecule has 3 aliphatic rings. The van der Waals surface area contributed by atoms with Crippen LogP contribution in [0.25, 0.3) is 0 Å². The number of hydrogen-bond acceptors (Lipinski definition) is 7. The largest absolute Gasteiger partial charge is 0.381 e. The molecule has 3 aliphatic heterocycles. The number of nitrogens with one attached hydrogen (secondary N) is 1. The molecule has 0 spiro atoms. The summed E-state index contributed by atoms with van der Waals surface area (Å²) in [4.78, 5) is 18.9. The molecular weight excluding hydrogens is 372 g/mol. The van der Waals surface area contributed by atoms with Crippen molar-refractivity contribution in [3.05, 3.63) is 23.6 Å². The maximum absolute atomic E-state index is 12.2. The van der Waals surface area contributed by atoms with Gasteiger partial charge in [-0.25, -0.2) is 0 Å². The number of likely N-dealkylation sites (tertiary alicyclic amines) is 1. The summed E-state index contributed by atoms with van der Waals surface area (Å²) in [5.74, 6) is 2.15. The summed E-state index contributed by atoms with van der Waals surface area (Å²) in [5, 5.41) is 12.3. The Balaban J connectivity index is 1.24. The highest BCUT2D eigenvalue weighted by atomic mass is 16.5. The first-order valence-electron chi connectivity index (χ1n) is 10.6. The van der Waals surface area contributed by atoms with Gasteiger partial charge in [0.2, 0.25) is 11.8 Å². The molecule has 1 unspecified atom stereocenters. The van der Waals surface area contributed by atoms with Crippen molar-refractivity contribution in [2.75, 3.05) is 38.2 Å². The van der Waals surface area contributed by atoms with Crippen LogP contribution in [0.4, 0.5) is 5.69 Å². The number of piperidine rings is 1. The topological polar surface area (TPSA) is 98.3 Å². The van der Waals surface area contributed by atoms with E-state index in [0.717, 1.165) is 63.6 Å². The summed E-state index contributed by atoms with van der Waals surface area (Å²) in [7, 11) is 0. The Labute approximate surface area is 169 Å². The summed E-state index contributed by atoms with van der Waals surface area (Å²) >= 11 is 0. The van der Waals surface area contributed by atoms with Crippen LogP contribution >= 0.6 is 0 Å². The molecule has 1 amide bonds. The predicted octanol–water partition coefficient (Wildman–Crippen LogP) is 1.95. The Morgan fingerprint density at radius 1 is 1.24 bits per heavy atom. The molecule has 0 aliphatic carbocycles. The van der Waals surface area contributed by atoms with Crippen molar-refractivity contribution in [2.45, 2.75) is 51.0 Å². The minimum atomic E-state index is 0.0481. The molecule has 5 heterocycles. The van der Waals surface area contributed by atoms with Crippen LogP contribution in [-0.4, -0.2) is 63.6 Å². The van der Waals surface area contributed by atoms with Gasteiger partial charge in [-0.15, -0.1) is 0 Å². The molecule has 1 N–H and O–H groups in total. The van der Waals surface area contributed by atoms with Gasteiger partial charge in [-0.2, -0.15) is 10.1 Å². The van der Waals surface area contributed by atoms with Crippen molar-refractivity contribution in [1.29, 1.82) is 0 Å². The molecule has 0 bridgehead atoms. The Morgan fingerprint density at radius 3 is 2.72 bits per heavy atom. The molecular formula is C20H28N6O3. The zero-order valence-corrected chi connectivity index (χ0v) is 17.0. The van der Waals surface area contributed by atoms with Crippen LogP contribution in [-0.2, 0) is 16.0 Å². The second kappa shape index (κ2) is 7.44. The van der Waals surface area contributed by atoms with E-state index in [9.17, 15) is 4.79 Å². The summed E-state index contributed by atoms with van der Waals surface area (Å²) in [6.07, 6.45) is 4.51. The fraction of sp³-hybridized carbons (Fsp3) is 0.700. The maximum atomic E-state index is 12.2. The van der Waals surface area contributed by atoms with E-state index in [1.807, 2.05) is 24.9 Å². The predicted molar refractivity (Wildman–Crippen MR) is 105 cm³/mol. The SMILES string of the molecule is CC(C)C(=O)N1CCC(c2noc(C3CNc4cnn(C5COC5)c4C3)n2)CC1. The average molecular weight is 400 g/mol. The quantitative estimate of drug-likeness (QED) is 0.837. The zero-order chi connectivity index (χ0) is 20.0. The van der Waals surface area contributed by atoms with E-state index in [2.05, 4.69) is 20.3 Å². The second-order valence-electron chi connectivity index (χ2n) is 8.67. The molecule has 0 saturated carbocycles. The molecule has 9 nitrogen and oxygen atoms in total. The first-order chi connectivity index (χ1) is 14.1. The van der Waals surface area contributed by atoms with Crippen molar-refractivity contribution in [3.63, 3.8) is 0 Å². The van der Waals surface area contributed by atoms with Crippen LogP contribution < -0.4 is 5.32 Å². The number of fused-ring (bicyclic) bond motifs is 1. The van der Waals surface area contributed by atoms with E-state index in [1.165, 1.54) is 5.69 Å². The third-order valence-electron chi connectivity index (χ3n) is 6.32. The molecule has 2 aromatic heterocycles. The van der Waals surface area contributed by atoms with E-state index < -0.39 is 0 Å². The van der Waals surface area contributed by atoms with Gasteiger partial charge < -0.3 is 19.5 Å². The van der Waals surface area contributed by atoms with Gasteiger partial charge in [0.1, 0.15) is 0 Å². The number of carbonyl (C=O) groups is 1. The van der Waals surface area contributed by atoms with Crippen molar-refractivity contribution in [2.24, 2.45) is 5.92 Å². The highest BCUT2D eigenvalue weighted by Crippen LogP contribution is 2.34. The fourth-order valence-corrected chi connectivity index (χ4v) is 4.43. The van der Waals surface area contributed by atoms with Gasteiger partial charge in [-0.05, 0) is 12.8 Å². The minimum absolute atomic E-state index is 0.0481. The number of nitrogens with zero attached hydrogens (tertiary/aromatic N) is 5. The van der Waals surface area contributed by atoms with Crippen molar-refractivity contribution in [3.8, 4) is 0 Å². The first-order valence-corrected chi connectivity index (χ1v) is 10.6. The van der Waals surface area contributed by atoms with Crippen LogP contribution in [0.2, 0.25) is 0 Å². The molecule has 29 heavy (non-hydrogen) atoms. The molecule has 5 rings (SSSR count). The number of amides is 1. The molecule has 156 valence electrons. The van der Waals surface area contributed by atoms with Gasteiger partial charge in [0.25, 0.3) is 0 Å². The monoisotopic (exact) mass is 400 g/mol. The Hall–Kier alpha value is -2.42. The third kappa shape index (κ3) is 3.41. The van der Waals surface area contributed by atoms with E-state index in [-0.39, 0.29) is 23.7 Å². The first kappa shape index (κ1) is 18.6. The smallest absolute Gasteiger partial charge is 0.231 e. The maximum Gasteiger partial charge on any atom is 0.231 e. The van der Waals surface area contributed by atoms with Crippen LogP contribution in [0.5, 0.6) is 0 Å². The van der Waals surface area contributed by atoms with E-state index in [4.69, 9.17) is 14.2 Å². The Bertz CT molecular complexity index is 879. The van der Waals surface area contributed by atoms with Gasteiger partial charge in [0.05, 0.1) is 42.8 Å². The average Bonchev–Trinajstić information content (AvgIpc) is 3.34. The lowest BCUT2D eigenvalue weighted by atomic mass is 9.95. The van der Waals surface area contributed by atoms with Gasteiger partial charge in [0, 0.05) is 37.9 Å². The van der Waals surface area contributed by atoms with Gasteiger partial charge in [0.15, 0.2) is 5.82 Å². The lowest BCUT2D eigenvalue weighted by Crippen LogP contribution is -2.40. The van der Waals surface area contributed by atoms with E-state index in [1.54, 1.807) is 0 Å². The normalized spacial score (nSPS) is 23.0. The number of anilines is 1. The fourth-order valence-electron chi connectivity index (χ4n) is 4.43. The standard InChI is InChI=1S/C20H28N6O3/c1-12(2)20(27)25-5-3-13(4-6-25)18-23-19(29-24-18)14-7-17-16(21-8-14)9-22-26(17)15-10-28-11-15/h9,12-15,21H,3-8,10-11H2,1-2H3. The molecule has 0 aromatic carbocycles. The summed E-state index contributed by atoms with van der Waals surface area (Å²) in [6, 6.07) is 0.330. The highest BCUT2D eigenvalue weighted by Gasteiger charge is 2.33.